The number of nitrogens with one attached hydrogen (secondary N) is 1. The van der Waals surface area contributed by atoms with Crippen molar-refractivity contribution in [2.45, 2.75) is 24.2 Å². The van der Waals surface area contributed by atoms with Crippen LogP contribution in [0.4, 0.5) is 0 Å². The van der Waals surface area contributed by atoms with E-state index in [4.69, 9.17) is 0 Å². The molecular weight excluding hydrogens is 316 g/mol. The van der Waals surface area contributed by atoms with Crippen LogP contribution in [0.2, 0.25) is 0 Å². The van der Waals surface area contributed by atoms with Crippen LogP contribution in [0.1, 0.15) is 19.3 Å². The summed E-state index contributed by atoms with van der Waals surface area (Å²) in [7, 11) is 0. The number of halogens is 1. The van der Waals surface area contributed by atoms with Gasteiger partial charge in [0.15, 0.2) is 0 Å². The Hall–Kier alpha value is -0.710. The normalized spacial score (nSPS) is 20.7. The van der Waals surface area contributed by atoms with Gasteiger partial charge in [0.2, 0.25) is 5.91 Å². The topological polar surface area (TPSA) is 32.3 Å². The van der Waals surface area contributed by atoms with Gasteiger partial charge in [-0.05, 0) is 49.8 Å². The number of carbonyl (C=O) groups excluding carboxylic acids is 1. The van der Waals surface area contributed by atoms with Crippen LogP contribution in [-0.2, 0) is 4.79 Å². The Morgan fingerprint density at radius 1 is 1.18 bits per heavy atom. The number of hydrogen-bond donors (Lipinski definition) is 1. The fourth-order valence-electron chi connectivity index (χ4n) is 2.74. The number of amides is 1. The SMILES string of the molecule is Cl.O=C(CNCC1CC1)N1CCC(CSc2ccccc2)C1. The van der Waals surface area contributed by atoms with Crippen LogP contribution in [0.25, 0.3) is 0 Å². The third-order valence-corrected chi connectivity index (χ3v) is 5.52. The molecule has 0 aromatic heterocycles. The minimum atomic E-state index is 0. The first-order chi connectivity index (χ1) is 10.3. The lowest BCUT2D eigenvalue weighted by Crippen LogP contribution is -2.37. The minimum Gasteiger partial charge on any atom is -0.341 e. The molecule has 2 fully saturated rings. The molecule has 1 aromatic carbocycles. The molecule has 1 saturated carbocycles. The Kier molecular flexibility index (Phi) is 7.06. The molecule has 1 saturated heterocycles. The average molecular weight is 341 g/mol. The second-order valence-corrected chi connectivity index (χ2v) is 7.29. The van der Waals surface area contributed by atoms with E-state index in [1.54, 1.807) is 0 Å². The van der Waals surface area contributed by atoms with Crippen LogP contribution in [-0.4, -0.2) is 42.7 Å². The van der Waals surface area contributed by atoms with Crippen molar-refractivity contribution < 1.29 is 4.79 Å². The van der Waals surface area contributed by atoms with E-state index in [-0.39, 0.29) is 18.3 Å². The summed E-state index contributed by atoms with van der Waals surface area (Å²) in [6.45, 7) is 3.41. The highest BCUT2D eigenvalue weighted by Gasteiger charge is 2.26. The molecule has 122 valence electrons. The third kappa shape index (κ3) is 5.49. The summed E-state index contributed by atoms with van der Waals surface area (Å²) in [5.74, 6) is 2.88. The first kappa shape index (κ1) is 17.6. The number of thioether (sulfide) groups is 1. The quantitative estimate of drug-likeness (QED) is 0.774. The molecule has 3 nitrogen and oxygen atoms in total. The lowest BCUT2D eigenvalue weighted by molar-refractivity contribution is -0.129. The van der Waals surface area contributed by atoms with E-state index < -0.39 is 0 Å². The summed E-state index contributed by atoms with van der Waals surface area (Å²) >= 11 is 1.91. The summed E-state index contributed by atoms with van der Waals surface area (Å²) in [6.07, 6.45) is 3.82. The fraction of sp³-hybridized carbons (Fsp3) is 0.588. The standard InChI is InChI=1S/C17H24N2OS.ClH/c20-17(11-18-10-14-6-7-14)19-9-8-15(12-19)13-21-16-4-2-1-3-5-16;/h1-5,14-15,18H,6-13H2;1H. The van der Waals surface area contributed by atoms with Crippen LogP contribution in [0.3, 0.4) is 0 Å². The van der Waals surface area contributed by atoms with Crippen LogP contribution in [0.5, 0.6) is 0 Å². The Morgan fingerprint density at radius 3 is 2.68 bits per heavy atom. The van der Waals surface area contributed by atoms with E-state index in [1.807, 2.05) is 16.7 Å². The largest absolute Gasteiger partial charge is 0.341 e. The van der Waals surface area contributed by atoms with Crippen LogP contribution in [0.15, 0.2) is 35.2 Å². The molecule has 0 bridgehead atoms. The molecule has 2 aliphatic rings. The van der Waals surface area contributed by atoms with Crippen molar-refractivity contribution in [3.05, 3.63) is 30.3 Å². The van der Waals surface area contributed by atoms with Gasteiger partial charge in [-0.3, -0.25) is 4.79 Å². The van der Waals surface area contributed by atoms with Gasteiger partial charge < -0.3 is 10.2 Å². The molecule has 1 heterocycles. The lowest BCUT2D eigenvalue weighted by Gasteiger charge is -2.17. The summed E-state index contributed by atoms with van der Waals surface area (Å²) < 4.78 is 0. The summed E-state index contributed by atoms with van der Waals surface area (Å²) in [6, 6.07) is 10.5. The molecule has 1 aliphatic heterocycles. The molecule has 1 aromatic rings. The maximum absolute atomic E-state index is 12.1. The Labute approximate surface area is 143 Å². The molecule has 5 heteroatoms. The van der Waals surface area contributed by atoms with Gasteiger partial charge in [0.25, 0.3) is 0 Å². The minimum absolute atomic E-state index is 0. The maximum atomic E-state index is 12.1. The second-order valence-electron chi connectivity index (χ2n) is 6.19. The van der Waals surface area contributed by atoms with E-state index in [2.05, 4.69) is 35.6 Å². The monoisotopic (exact) mass is 340 g/mol. The van der Waals surface area contributed by atoms with E-state index in [0.717, 1.165) is 37.7 Å². The van der Waals surface area contributed by atoms with Crippen molar-refractivity contribution in [1.29, 1.82) is 0 Å². The van der Waals surface area contributed by atoms with E-state index in [0.29, 0.717) is 12.5 Å². The number of likely N-dealkylation sites (tertiary alicyclic amines) is 1. The van der Waals surface area contributed by atoms with Crippen molar-refractivity contribution in [2.75, 3.05) is 31.9 Å². The van der Waals surface area contributed by atoms with Crippen LogP contribution < -0.4 is 5.32 Å². The highest BCUT2D eigenvalue weighted by molar-refractivity contribution is 7.99. The lowest BCUT2D eigenvalue weighted by atomic mass is 10.2. The summed E-state index contributed by atoms with van der Waals surface area (Å²) in [5.41, 5.74) is 0. The number of benzene rings is 1. The first-order valence-electron chi connectivity index (χ1n) is 7.97. The smallest absolute Gasteiger partial charge is 0.236 e. The predicted molar refractivity (Wildman–Crippen MR) is 94.7 cm³/mol. The molecule has 3 rings (SSSR count). The number of rotatable bonds is 7. The zero-order chi connectivity index (χ0) is 14.5. The van der Waals surface area contributed by atoms with E-state index in [1.165, 1.54) is 17.7 Å². The molecule has 1 unspecified atom stereocenters. The Morgan fingerprint density at radius 2 is 1.95 bits per heavy atom. The van der Waals surface area contributed by atoms with Gasteiger partial charge in [-0.15, -0.1) is 24.2 Å². The van der Waals surface area contributed by atoms with E-state index >= 15 is 0 Å². The summed E-state index contributed by atoms with van der Waals surface area (Å²) in [4.78, 5) is 15.5. The van der Waals surface area contributed by atoms with Gasteiger partial charge in [-0.1, -0.05) is 18.2 Å². The van der Waals surface area contributed by atoms with Gasteiger partial charge in [-0.2, -0.15) is 0 Å². The van der Waals surface area contributed by atoms with Crippen molar-refractivity contribution in [3.63, 3.8) is 0 Å². The summed E-state index contributed by atoms with van der Waals surface area (Å²) in [5, 5.41) is 3.30. The van der Waals surface area contributed by atoms with Crippen LogP contribution in [0, 0.1) is 11.8 Å². The van der Waals surface area contributed by atoms with Gasteiger partial charge >= 0.3 is 0 Å². The average Bonchev–Trinajstić information content (AvgIpc) is 3.21. The van der Waals surface area contributed by atoms with Gasteiger partial charge in [0, 0.05) is 23.7 Å². The van der Waals surface area contributed by atoms with Crippen LogP contribution >= 0.6 is 24.2 Å². The zero-order valence-electron chi connectivity index (χ0n) is 12.9. The van der Waals surface area contributed by atoms with Gasteiger partial charge in [0.1, 0.15) is 0 Å². The molecule has 1 aliphatic carbocycles. The third-order valence-electron chi connectivity index (χ3n) is 4.27. The number of hydrogen-bond acceptors (Lipinski definition) is 3. The highest BCUT2D eigenvalue weighted by atomic mass is 35.5. The molecule has 0 radical (unpaired) electrons. The van der Waals surface area contributed by atoms with Crippen molar-refractivity contribution >= 4 is 30.1 Å². The number of nitrogens with zero attached hydrogens (tertiary/aromatic N) is 1. The molecule has 1 amide bonds. The Balaban J connectivity index is 0.00000176. The predicted octanol–water partition coefficient (Wildman–Crippen LogP) is 3.05. The number of carbonyl (C=O) groups is 1. The highest BCUT2D eigenvalue weighted by Crippen LogP contribution is 2.28. The van der Waals surface area contributed by atoms with Crippen molar-refractivity contribution in [3.8, 4) is 0 Å². The van der Waals surface area contributed by atoms with Crippen molar-refractivity contribution in [1.82, 2.24) is 10.2 Å². The van der Waals surface area contributed by atoms with Crippen molar-refractivity contribution in [2.24, 2.45) is 11.8 Å². The molecule has 1 N–H and O–H groups in total. The van der Waals surface area contributed by atoms with Gasteiger partial charge in [0.05, 0.1) is 6.54 Å². The maximum Gasteiger partial charge on any atom is 0.236 e. The Bertz CT molecular complexity index is 467. The van der Waals surface area contributed by atoms with E-state index in [9.17, 15) is 4.79 Å². The molecule has 0 spiro atoms. The molecule has 22 heavy (non-hydrogen) atoms. The van der Waals surface area contributed by atoms with Gasteiger partial charge in [-0.25, -0.2) is 0 Å². The molecule has 1 atom stereocenters. The zero-order valence-corrected chi connectivity index (χ0v) is 14.5. The first-order valence-corrected chi connectivity index (χ1v) is 8.96. The fourth-order valence-corrected chi connectivity index (χ4v) is 3.79. The second kappa shape index (κ2) is 8.80. The molecular formula is C17H25ClN2OS.